The molecule has 0 aromatic heterocycles. The number of ketones is 1. The Morgan fingerprint density at radius 1 is 1.16 bits per heavy atom. The Hall–Kier alpha value is -1.39. The molecule has 5 heteroatoms. The van der Waals surface area contributed by atoms with Gasteiger partial charge in [-0.15, -0.1) is 12.4 Å². The fraction of sp³-hybridized carbons (Fsp3) is 0.429. The van der Waals surface area contributed by atoms with Crippen molar-refractivity contribution >= 4 is 24.1 Å². The fourth-order valence-electron chi connectivity index (χ4n) is 1.53. The Kier molecular flexibility index (Phi) is 8.83. The van der Waals surface area contributed by atoms with Gasteiger partial charge in [0, 0.05) is 24.9 Å². The molecule has 0 atom stereocenters. The smallest absolute Gasteiger partial charge is 0.220 e. The number of carbonyl (C=O) groups is 2. The van der Waals surface area contributed by atoms with Gasteiger partial charge in [0.1, 0.15) is 0 Å². The summed E-state index contributed by atoms with van der Waals surface area (Å²) in [5, 5.41) is 2.73. The van der Waals surface area contributed by atoms with Crippen LogP contribution in [0.1, 0.15) is 35.2 Å². The van der Waals surface area contributed by atoms with Crippen LogP contribution in [0.4, 0.5) is 0 Å². The number of rotatable bonds is 7. The van der Waals surface area contributed by atoms with Crippen molar-refractivity contribution in [3.05, 3.63) is 35.4 Å². The molecule has 4 nitrogen and oxygen atoms in total. The highest BCUT2D eigenvalue weighted by Gasteiger charge is 2.08. The summed E-state index contributed by atoms with van der Waals surface area (Å²) in [7, 11) is 0. The van der Waals surface area contributed by atoms with E-state index >= 15 is 0 Å². The first-order valence-electron chi connectivity index (χ1n) is 6.20. The van der Waals surface area contributed by atoms with Gasteiger partial charge < -0.3 is 11.1 Å². The monoisotopic (exact) mass is 284 g/mol. The molecular formula is C14H21ClN2O2. The van der Waals surface area contributed by atoms with Crippen molar-refractivity contribution in [2.75, 3.05) is 13.1 Å². The molecule has 0 aliphatic carbocycles. The summed E-state index contributed by atoms with van der Waals surface area (Å²) in [6.45, 7) is 3.11. The molecule has 0 saturated carbocycles. The number of Topliss-reactive ketones (excluding diaryl/α,β-unsaturated/α-hetero) is 1. The predicted octanol–water partition coefficient (Wildman–Crippen LogP) is 1.84. The molecule has 1 aromatic carbocycles. The van der Waals surface area contributed by atoms with Gasteiger partial charge in [0.2, 0.25) is 5.91 Å². The number of amides is 1. The Labute approximate surface area is 120 Å². The van der Waals surface area contributed by atoms with Crippen LogP contribution in [-0.4, -0.2) is 24.8 Å². The molecule has 106 valence electrons. The second-order valence-electron chi connectivity index (χ2n) is 4.28. The lowest BCUT2D eigenvalue weighted by atomic mass is 10.1. The Balaban J connectivity index is 0.00000324. The highest BCUT2D eigenvalue weighted by molar-refractivity contribution is 5.97. The topological polar surface area (TPSA) is 72.2 Å². The molecule has 0 bridgehead atoms. The summed E-state index contributed by atoms with van der Waals surface area (Å²) >= 11 is 0. The lowest BCUT2D eigenvalue weighted by Gasteiger charge is -2.04. The van der Waals surface area contributed by atoms with Crippen molar-refractivity contribution in [1.82, 2.24) is 5.32 Å². The van der Waals surface area contributed by atoms with E-state index in [1.807, 2.05) is 19.1 Å². The van der Waals surface area contributed by atoms with Crippen LogP contribution in [0.5, 0.6) is 0 Å². The fourth-order valence-corrected chi connectivity index (χ4v) is 1.53. The maximum atomic E-state index is 11.8. The van der Waals surface area contributed by atoms with Gasteiger partial charge in [-0.05, 0) is 19.9 Å². The van der Waals surface area contributed by atoms with Crippen molar-refractivity contribution < 1.29 is 9.59 Å². The molecule has 1 rings (SSSR count). The number of nitrogens with two attached hydrogens (primary N) is 1. The molecule has 19 heavy (non-hydrogen) atoms. The van der Waals surface area contributed by atoms with Crippen LogP contribution in [0.3, 0.4) is 0 Å². The largest absolute Gasteiger partial charge is 0.356 e. The standard InChI is InChI=1S/C14H20N2O2.ClH/c1-11-3-5-12(6-4-11)13(17)7-8-14(18)16-10-2-9-15;/h3-6H,2,7-10,15H2,1H3,(H,16,18);1H. The van der Waals surface area contributed by atoms with Gasteiger partial charge in [-0.2, -0.15) is 0 Å². The molecule has 0 heterocycles. The quantitative estimate of drug-likeness (QED) is 0.593. The summed E-state index contributed by atoms with van der Waals surface area (Å²) in [5.41, 5.74) is 7.10. The number of nitrogens with one attached hydrogen (secondary N) is 1. The number of carbonyl (C=O) groups excluding carboxylic acids is 2. The minimum absolute atomic E-state index is 0. The highest BCUT2D eigenvalue weighted by Crippen LogP contribution is 2.07. The van der Waals surface area contributed by atoms with Gasteiger partial charge >= 0.3 is 0 Å². The van der Waals surface area contributed by atoms with Crippen molar-refractivity contribution in [3.63, 3.8) is 0 Å². The second-order valence-corrected chi connectivity index (χ2v) is 4.28. The van der Waals surface area contributed by atoms with Gasteiger partial charge in [0.15, 0.2) is 5.78 Å². The molecule has 1 amide bonds. The van der Waals surface area contributed by atoms with E-state index in [4.69, 9.17) is 5.73 Å². The average molecular weight is 285 g/mol. The Morgan fingerprint density at radius 3 is 2.37 bits per heavy atom. The molecule has 3 N–H and O–H groups in total. The summed E-state index contributed by atoms with van der Waals surface area (Å²) in [6.07, 6.45) is 1.24. The maximum Gasteiger partial charge on any atom is 0.220 e. The Bertz CT molecular complexity index is 404. The summed E-state index contributed by atoms with van der Waals surface area (Å²) in [5.74, 6) is -0.0899. The predicted molar refractivity (Wildman–Crippen MR) is 78.7 cm³/mol. The van der Waals surface area contributed by atoms with Crippen LogP contribution in [0.2, 0.25) is 0 Å². The molecule has 0 spiro atoms. The first-order valence-corrected chi connectivity index (χ1v) is 6.20. The van der Waals surface area contributed by atoms with Crippen LogP contribution in [0.25, 0.3) is 0 Å². The van der Waals surface area contributed by atoms with E-state index in [1.165, 1.54) is 0 Å². The van der Waals surface area contributed by atoms with Gasteiger partial charge in [-0.25, -0.2) is 0 Å². The van der Waals surface area contributed by atoms with Crippen molar-refractivity contribution in [2.24, 2.45) is 5.73 Å². The molecule has 0 aliphatic rings. The maximum absolute atomic E-state index is 11.8. The Morgan fingerprint density at radius 2 is 1.79 bits per heavy atom. The summed E-state index contributed by atoms with van der Waals surface area (Å²) in [4.78, 5) is 23.2. The molecule has 0 radical (unpaired) electrons. The van der Waals surface area contributed by atoms with E-state index < -0.39 is 0 Å². The van der Waals surface area contributed by atoms with Gasteiger partial charge in [0.25, 0.3) is 0 Å². The van der Waals surface area contributed by atoms with E-state index in [9.17, 15) is 9.59 Å². The van der Waals surface area contributed by atoms with Crippen LogP contribution in [0, 0.1) is 6.92 Å². The first-order chi connectivity index (χ1) is 8.63. The van der Waals surface area contributed by atoms with Gasteiger partial charge in [-0.3, -0.25) is 9.59 Å². The third-order valence-corrected chi connectivity index (χ3v) is 2.66. The molecule has 1 aromatic rings. The number of halogens is 1. The van der Waals surface area contributed by atoms with E-state index in [2.05, 4.69) is 5.32 Å². The third kappa shape index (κ3) is 6.94. The summed E-state index contributed by atoms with van der Waals surface area (Å²) < 4.78 is 0. The van der Waals surface area contributed by atoms with Crippen LogP contribution >= 0.6 is 12.4 Å². The molecular weight excluding hydrogens is 264 g/mol. The normalized spacial score (nSPS) is 9.58. The van der Waals surface area contributed by atoms with Gasteiger partial charge in [0.05, 0.1) is 0 Å². The molecule has 0 fully saturated rings. The van der Waals surface area contributed by atoms with Gasteiger partial charge in [-0.1, -0.05) is 29.8 Å². The molecule has 0 aliphatic heterocycles. The minimum Gasteiger partial charge on any atom is -0.356 e. The second kappa shape index (κ2) is 9.53. The zero-order valence-corrected chi connectivity index (χ0v) is 12.0. The van der Waals surface area contributed by atoms with Crippen molar-refractivity contribution in [1.29, 1.82) is 0 Å². The van der Waals surface area contributed by atoms with Crippen LogP contribution < -0.4 is 11.1 Å². The zero-order valence-electron chi connectivity index (χ0n) is 11.1. The number of hydrogen-bond acceptors (Lipinski definition) is 3. The number of benzene rings is 1. The number of aryl methyl sites for hydroxylation is 1. The van der Waals surface area contributed by atoms with Crippen molar-refractivity contribution in [2.45, 2.75) is 26.2 Å². The SMILES string of the molecule is Cc1ccc(C(=O)CCC(=O)NCCCN)cc1.Cl. The molecule has 0 saturated heterocycles. The molecule has 0 unspecified atom stereocenters. The lowest BCUT2D eigenvalue weighted by molar-refractivity contribution is -0.121. The first kappa shape index (κ1) is 17.6. The van der Waals surface area contributed by atoms with E-state index in [-0.39, 0.29) is 36.9 Å². The third-order valence-electron chi connectivity index (χ3n) is 2.66. The van der Waals surface area contributed by atoms with E-state index in [0.717, 1.165) is 12.0 Å². The zero-order chi connectivity index (χ0) is 13.4. The minimum atomic E-state index is -0.0936. The highest BCUT2D eigenvalue weighted by atomic mass is 35.5. The average Bonchev–Trinajstić information content (AvgIpc) is 2.37. The lowest BCUT2D eigenvalue weighted by Crippen LogP contribution is -2.26. The van der Waals surface area contributed by atoms with E-state index in [0.29, 0.717) is 18.7 Å². The van der Waals surface area contributed by atoms with Crippen molar-refractivity contribution in [3.8, 4) is 0 Å². The van der Waals surface area contributed by atoms with E-state index in [1.54, 1.807) is 12.1 Å². The van der Waals surface area contributed by atoms with Crippen LogP contribution in [-0.2, 0) is 4.79 Å². The van der Waals surface area contributed by atoms with Crippen LogP contribution in [0.15, 0.2) is 24.3 Å². The number of hydrogen-bond donors (Lipinski definition) is 2. The summed E-state index contributed by atoms with van der Waals surface area (Å²) in [6, 6.07) is 7.39.